The molecule has 1 saturated heterocycles. The molecule has 0 bridgehead atoms. The van der Waals surface area contributed by atoms with E-state index in [9.17, 15) is 18.4 Å². The van der Waals surface area contributed by atoms with Crippen molar-refractivity contribution in [3.8, 4) is 0 Å². The second-order valence-electron chi connectivity index (χ2n) is 5.31. The van der Waals surface area contributed by atoms with E-state index < -0.39 is 11.8 Å². The molecule has 6 heteroatoms. The number of esters is 1. The fraction of sp³-hybridized carbons (Fsp3) is 0.846. The molecule has 19 heavy (non-hydrogen) atoms. The Labute approximate surface area is 111 Å². The Bertz CT molecular complexity index is 357. The number of piperidine rings is 1. The number of carbonyl (C=O) groups excluding carboxylic acids is 2. The Kier molecular flexibility index (Phi) is 4.06. The summed E-state index contributed by atoms with van der Waals surface area (Å²) in [7, 11) is 0. The summed E-state index contributed by atoms with van der Waals surface area (Å²) in [6.07, 6.45) is 0.467. The minimum absolute atomic E-state index is 0.160. The Morgan fingerprint density at radius 1 is 1.21 bits per heavy atom. The topological polar surface area (TPSA) is 46.6 Å². The highest BCUT2D eigenvalue weighted by molar-refractivity contribution is 5.80. The van der Waals surface area contributed by atoms with Gasteiger partial charge in [-0.15, -0.1) is 0 Å². The zero-order valence-electron chi connectivity index (χ0n) is 11.0. The highest BCUT2D eigenvalue weighted by atomic mass is 19.3. The molecule has 0 aromatic heterocycles. The molecule has 1 amide bonds. The minimum Gasteiger partial charge on any atom is -0.466 e. The van der Waals surface area contributed by atoms with Crippen LogP contribution in [-0.2, 0) is 14.3 Å². The van der Waals surface area contributed by atoms with Crippen LogP contribution in [0.3, 0.4) is 0 Å². The Morgan fingerprint density at radius 2 is 1.79 bits per heavy atom. The van der Waals surface area contributed by atoms with E-state index in [2.05, 4.69) is 0 Å². The number of hydrogen-bond acceptors (Lipinski definition) is 3. The van der Waals surface area contributed by atoms with E-state index in [0.717, 1.165) is 0 Å². The number of carbonyl (C=O) groups is 2. The Balaban J connectivity index is 1.77. The monoisotopic (exact) mass is 275 g/mol. The summed E-state index contributed by atoms with van der Waals surface area (Å²) in [4.78, 5) is 25.1. The lowest BCUT2D eigenvalue weighted by Gasteiger charge is -2.39. The van der Waals surface area contributed by atoms with Crippen LogP contribution in [0.15, 0.2) is 0 Å². The number of hydrogen-bond donors (Lipinski definition) is 0. The normalized spacial score (nSPS) is 23.8. The lowest BCUT2D eigenvalue weighted by atomic mass is 9.80. The zero-order chi connectivity index (χ0) is 14.0. The predicted octanol–water partition coefficient (Wildman–Crippen LogP) is 1.83. The lowest BCUT2D eigenvalue weighted by Crippen LogP contribution is -2.49. The summed E-state index contributed by atoms with van der Waals surface area (Å²) >= 11 is 0. The van der Waals surface area contributed by atoms with E-state index in [1.165, 1.54) is 0 Å². The number of ether oxygens (including phenoxy) is 1. The molecule has 2 fully saturated rings. The third-order valence-corrected chi connectivity index (χ3v) is 3.87. The first kappa shape index (κ1) is 14.2. The number of amides is 1. The molecule has 1 saturated carbocycles. The van der Waals surface area contributed by atoms with Crippen LogP contribution >= 0.6 is 0 Å². The van der Waals surface area contributed by atoms with Gasteiger partial charge in [0.15, 0.2) is 0 Å². The quantitative estimate of drug-likeness (QED) is 0.738. The van der Waals surface area contributed by atoms with Crippen molar-refractivity contribution in [2.24, 2.45) is 11.8 Å². The molecular formula is C13H19F2NO3. The summed E-state index contributed by atoms with van der Waals surface area (Å²) in [5.41, 5.74) is 0. The molecule has 0 aromatic carbocycles. The average Bonchev–Trinajstić information content (AvgIpc) is 2.35. The molecule has 2 aliphatic rings. The summed E-state index contributed by atoms with van der Waals surface area (Å²) in [5, 5.41) is 0. The summed E-state index contributed by atoms with van der Waals surface area (Å²) in [6, 6.07) is 0. The van der Waals surface area contributed by atoms with Gasteiger partial charge in [-0.05, 0) is 19.8 Å². The molecule has 0 spiro atoms. The lowest BCUT2D eigenvalue weighted by molar-refractivity contribution is -0.163. The molecule has 4 nitrogen and oxygen atoms in total. The van der Waals surface area contributed by atoms with Gasteiger partial charge in [0.2, 0.25) is 11.8 Å². The summed E-state index contributed by atoms with van der Waals surface area (Å²) < 4.78 is 30.4. The smallest absolute Gasteiger partial charge is 0.309 e. The zero-order valence-corrected chi connectivity index (χ0v) is 11.0. The van der Waals surface area contributed by atoms with Crippen LogP contribution in [0.4, 0.5) is 8.78 Å². The van der Waals surface area contributed by atoms with Gasteiger partial charge in [-0.1, -0.05) is 0 Å². The fourth-order valence-electron chi connectivity index (χ4n) is 2.69. The first-order valence-corrected chi connectivity index (χ1v) is 6.76. The van der Waals surface area contributed by atoms with Gasteiger partial charge < -0.3 is 9.64 Å². The molecule has 1 aliphatic carbocycles. The molecule has 108 valence electrons. The van der Waals surface area contributed by atoms with Gasteiger partial charge in [-0.25, -0.2) is 8.78 Å². The third-order valence-electron chi connectivity index (χ3n) is 3.87. The van der Waals surface area contributed by atoms with Crippen LogP contribution in [-0.4, -0.2) is 42.4 Å². The standard InChI is InChI=1S/C13H19F2NO3/c1-2-19-12(18)9-3-5-16(6-4-9)11(17)10-7-13(14,15)8-10/h9-10H,2-8H2,1H3. The van der Waals surface area contributed by atoms with Crippen molar-refractivity contribution < 1.29 is 23.1 Å². The molecule has 0 radical (unpaired) electrons. The largest absolute Gasteiger partial charge is 0.466 e. The van der Waals surface area contributed by atoms with Crippen molar-refractivity contribution in [1.29, 1.82) is 0 Å². The Morgan fingerprint density at radius 3 is 2.26 bits per heavy atom. The predicted molar refractivity (Wildman–Crippen MR) is 63.6 cm³/mol. The first-order valence-electron chi connectivity index (χ1n) is 6.76. The second-order valence-corrected chi connectivity index (χ2v) is 5.31. The van der Waals surface area contributed by atoms with Crippen LogP contribution in [0.1, 0.15) is 32.6 Å². The Hall–Kier alpha value is -1.20. The highest BCUT2D eigenvalue weighted by Crippen LogP contribution is 2.43. The van der Waals surface area contributed by atoms with E-state index in [4.69, 9.17) is 4.74 Å². The van der Waals surface area contributed by atoms with Gasteiger partial charge in [0, 0.05) is 31.8 Å². The number of halogens is 2. The molecule has 0 N–H and O–H groups in total. The fourth-order valence-corrected chi connectivity index (χ4v) is 2.69. The van der Waals surface area contributed by atoms with Crippen LogP contribution in [0.2, 0.25) is 0 Å². The van der Waals surface area contributed by atoms with Gasteiger partial charge in [-0.2, -0.15) is 0 Å². The van der Waals surface area contributed by atoms with Crippen molar-refractivity contribution in [3.63, 3.8) is 0 Å². The van der Waals surface area contributed by atoms with Crippen LogP contribution in [0.5, 0.6) is 0 Å². The van der Waals surface area contributed by atoms with Gasteiger partial charge in [0.25, 0.3) is 0 Å². The van der Waals surface area contributed by atoms with Crippen molar-refractivity contribution in [2.75, 3.05) is 19.7 Å². The number of nitrogens with zero attached hydrogens (tertiary/aromatic N) is 1. The van der Waals surface area contributed by atoms with Crippen molar-refractivity contribution in [2.45, 2.75) is 38.5 Å². The van der Waals surface area contributed by atoms with Crippen molar-refractivity contribution in [3.05, 3.63) is 0 Å². The highest BCUT2D eigenvalue weighted by Gasteiger charge is 2.50. The van der Waals surface area contributed by atoms with E-state index in [0.29, 0.717) is 32.5 Å². The summed E-state index contributed by atoms with van der Waals surface area (Å²) in [6.45, 7) is 3.04. The third kappa shape index (κ3) is 3.22. The van der Waals surface area contributed by atoms with E-state index >= 15 is 0 Å². The molecule has 0 atom stereocenters. The van der Waals surface area contributed by atoms with Crippen molar-refractivity contribution in [1.82, 2.24) is 4.90 Å². The number of rotatable bonds is 3. The van der Waals surface area contributed by atoms with Gasteiger partial charge >= 0.3 is 5.97 Å². The van der Waals surface area contributed by atoms with E-state index in [1.54, 1.807) is 11.8 Å². The summed E-state index contributed by atoms with van der Waals surface area (Å²) in [5.74, 6) is -3.76. The van der Waals surface area contributed by atoms with E-state index in [-0.39, 0.29) is 30.6 Å². The molecule has 2 rings (SSSR count). The van der Waals surface area contributed by atoms with Crippen molar-refractivity contribution >= 4 is 11.9 Å². The first-order chi connectivity index (χ1) is 8.93. The molecular weight excluding hydrogens is 256 g/mol. The molecule has 1 heterocycles. The minimum atomic E-state index is -2.66. The van der Waals surface area contributed by atoms with Crippen LogP contribution in [0, 0.1) is 11.8 Å². The maximum atomic E-state index is 12.7. The number of likely N-dealkylation sites (tertiary alicyclic amines) is 1. The van der Waals surface area contributed by atoms with Gasteiger partial charge in [-0.3, -0.25) is 9.59 Å². The number of alkyl halides is 2. The van der Waals surface area contributed by atoms with Gasteiger partial charge in [0.05, 0.1) is 12.5 Å². The molecule has 0 unspecified atom stereocenters. The maximum absolute atomic E-state index is 12.7. The van der Waals surface area contributed by atoms with Crippen LogP contribution in [0.25, 0.3) is 0 Å². The maximum Gasteiger partial charge on any atom is 0.309 e. The molecule has 0 aromatic rings. The van der Waals surface area contributed by atoms with Gasteiger partial charge in [0.1, 0.15) is 0 Å². The van der Waals surface area contributed by atoms with Crippen LogP contribution < -0.4 is 0 Å². The average molecular weight is 275 g/mol. The SMILES string of the molecule is CCOC(=O)C1CCN(C(=O)C2CC(F)(F)C2)CC1. The van der Waals surface area contributed by atoms with E-state index in [1.807, 2.05) is 0 Å². The molecule has 1 aliphatic heterocycles. The second kappa shape index (κ2) is 5.43.